The van der Waals surface area contributed by atoms with Crippen LogP contribution in [0.2, 0.25) is 0 Å². The Morgan fingerprint density at radius 2 is 1.53 bits per heavy atom. The Morgan fingerprint density at radius 3 is 2.07 bits per heavy atom. The number of benzene rings is 2. The number of carboxylic acids is 1. The zero-order chi connectivity index (χ0) is 22.1. The molecular weight excluding hydrogens is 404 g/mol. The van der Waals surface area contributed by atoms with Crippen LogP contribution in [0.15, 0.2) is 53.4 Å². The van der Waals surface area contributed by atoms with Gasteiger partial charge in [-0.05, 0) is 48.7 Å². The van der Waals surface area contributed by atoms with Crippen LogP contribution >= 0.6 is 0 Å². The Kier molecular flexibility index (Phi) is 8.56. The van der Waals surface area contributed by atoms with Gasteiger partial charge in [-0.2, -0.15) is 4.31 Å². The summed E-state index contributed by atoms with van der Waals surface area (Å²) in [5.41, 5.74) is 0.595. The lowest BCUT2D eigenvalue weighted by molar-refractivity contribution is -0.255. The molecule has 0 aliphatic rings. The maximum absolute atomic E-state index is 13.1. The van der Waals surface area contributed by atoms with Gasteiger partial charge in [0.2, 0.25) is 10.0 Å². The van der Waals surface area contributed by atoms with Crippen molar-refractivity contribution in [2.24, 2.45) is 0 Å². The lowest BCUT2D eigenvalue weighted by Gasteiger charge is -2.22. The van der Waals surface area contributed by atoms with Crippen LogP contribution in [0.1, 0.15) is 60.2 Å². The van der Waals surface area contributed by atoms with E-state index in [9.17, 15) is 23.1 Å². The molecule has 162 valence electrons. The van der Waals surface area contributed by atoms with Gasteiger partial charge in [-0.15, -0.1) is 0 Å². The number of nitrogens with one attached hydrogen (secondary N) is 1. The van der Waals surface area contributed by atoms with E-state index >= 15 is 0 Å². The van der Waals surface area contributed by atoms with E-state index in [2.05, 4.69) is 5.32 Å². The van der Waals surface area contributed by atoms with Crippen molar-refractivity contribution in [1.29, 1.82) is 0 Å². The highest BCUT2D eigenvalue weighted by Crippen LogP contribution is 2.20. The Balaban J connectivity index is 2.22. The molecule has 1 N–H and O–H groups in total. The summed E-state index contributed by atoms with van der Waals surface area (Å²) in [4.78, 5) is 23.5. The van der Waals surface area contributed by atoms with Gasteiger partial charge in [0.15, 0.2) is 0 Å². The number of carboxylic acid groups (broad SMARTS) is 1. The summed E-state index contributed by atoms with van der Waals surface area (Å²) in [6.07, 6.45) is 3.31. The first-order valence-electron chi connectivity index (χ1n) is 10.0. The minimum atomic E-state index is -3.71. The first-order chi connectivity index (χ1) is 14.3. The summed E-state index contributed by atoms with van der Waals surface area (Å²) < 4.78 is 27.7. The van der Waals surface area contributed by atoms with E-state index in [1.54, 1.807) is 6.07 Å². The third-order valence-corrected chi connectivity index (χ3v) is 6.53. The molecule has 0 aromatic heterocycles. The van der Waals surface area contributed by atoms with Gasteiger partial charge in [-0.3, -0.25) is 4.79 Å². The lowest BCUT2D eigenvalue weighted by Crippen LogP contribution is -2.33. The molecule has 0 heterocycles. The molecule has 0 saturated carbocycles. The number of nitrogens with zero attached hydrogens (tertiary/aromatic N) is 1. The highest BCUT2D eigenvalue weighted by molar-refractivity contribution is 7.89. The molecule has 2 aromatic rings. The van der Waals surface area contributed by atoms with Crippen molar-refractivity contribution in [3.05, 3.63) is 59.7 Å². The van der Waals surface area contributed by atoms with Crippen molar-refractivity contribution in [2.75, 3.05) is 18.4 Å². The predicted octanol–water partition coefficient (Wildman–Crippen LogP) is 2.89. The molecule has 0 saturated heterocycles. The summed E-state index contributed by atoms with van der Waals surface area (Å²) in [6, 6.07) is 11.5. The number of rotatable bonds is 11. The fourth-order valence-corrected chi connectivity index (χ4v) is 4.42. The van der Waals surface area contributed by atoms with Crippen LogP contribution < -0.4 is 10.4 Å². The highest BCUT2D eigenvalue weighted by Gasteiger charge is 2.24. The van der Waals surface area contributed by atoms with Crippen molar-refractivity contribution in [2.45, 2.75) is 44.4 Å². The summed E-state index contributed by atoms with van der Waals surface area (Å²) >= 11 is 0. The third kappa shape index (κ3) is 6.14. The van der Waals surface area contributed by atoms with Crippen molar-refractivity contribution < 1.29 is 23.1 Å². The number of amides is 1. The summed E-state index contributed by atoms with van der Waals surface area (Å²) in [7, 11) is -3.71. The first kappa shape index (κ1) is 23.6. The zero-order valence-electron chi connectivity index (χ0n) is 17.3. The molecule has 0 spiro atoms. The van der Waals surface area contributed by atoms with Crippen LogP contribution in [0.5, 0.6) is 0 Å². The van der Waals surface area contributed by atoms with Crippen LogP contribution in [0.4, 0.5) is 5.69 Å². The normalized spacial score (nSPS) is 11.4. The van der Waals surface area contributed by atoms with Gasteiger partial charge in [-0.25, -0.2) is 8.42 Å². The second-order valence-electron chi connectivity index (χ2n) is 6.96. The van der Waals surface area contributed by atoms with Crippen LogP contribution in [-0.4, -0.2) is 37.7 Å². The van der Waals surface area contributed by atoms with Gasteiger partial charge in [0, 0.05) is 24.3 Å². The van der Waals surface area contributed by atoms with E-state index in [-0.39, 0.29) is 16.0 Å². The minimum absolute atomic E-state index is 0.000314. The Hall–Kier alpha value is -2.71. The maximum atomic E-state index is 13.1. The number of hydrogen-bond donors (Lipinski definition) is 1. The zero-order valence-corrected chi connectivity index (χ0v) is 18.1. The van der Waals surface area contributed by atoms with Crippen molar-refractivity contribution >= 4 is 27.6 Å². The van der Waals surface area contributed by atoms with E-state index in [0.29, 0.717) is 18.8 Å². The Bertz CT molecular complexity index is 963. The van der Waals surface area contributed by atoms with Gasteiger partial charge in [0.25, 0.3) is 5.91 Å². The summed E-state index contributed by atoms with van der Waals surface area (Å²) in [6.45, 7) is 4.91. The highest BCUT2D eigenvalue weighted by atomic mass is 32.2. The largest absolute Gasteiger partial charge is 0.545 e. The summed E-state index contributed by atoms with van der Waals surface area (Å²) in [5.74, 6) is -1.79. The van der Waals surface area contributed by atoms with E-state index in [0.717, 1.165) is 25.7 Å². The number of carbonyl (C=O) groups is 2. The van der Waals surface area contributed by atoms with Gasteiger partial charge in [-0.1, -0.05) is 44.9 Å². The van der Waals surface area contributed by atoms with Crippen LogP contribution in [0.25, 0.3) is 0 Å². The number of anilines is 1. The molecule has 0 bridgehead atoms. The number of carbonyl (C=O) groups excluding carboxylic acids is 2. The number of sulfonamides is 1. The van der Waals surface area contributed by atoms with Crippen LogP contribution in [0, 0.1) is 0 Å². The van der Waals surface area contributed by atoms with Crippen LogP contribution in [0.3, 0.4) is 0 Å². The fraction of sp³-hybridized carbons (Fsp3) is 0.364. The SMILES string of the molecule is CCCCN(CCCC)S(=O)(=O)c1cccc(C(=O)Nc2ccc(C(=O)[O-])cc2)c1. The summed E-state index contributed by atoms with van der Waals surface area (Å²) in [5, 5.41) is 13.5. The van der Waals surface area contributed by atoms with Gasteiger partial charge >= 0.3 is 0 Å². The third-order valence-electron chi connectivity index (χ3n) is 4.63. The fourth-order valence-electron chi connectivity index (χ4n) is 2.86. The Morgan fingerprint density at radius 1 is 0.933 bits per heavy atom. The van der Waals surface area contributed by atoms with E-state index in [1.807, 2.05) is 13.8 Å². The molecule has 2 rings (SSSR count). The molecule has 30 heavy (non-hydrogen) atoms. The van der Waals surface area contributed by atoms with Gasteiger partial charge in [0.1, 0.15) is 0 Å². The molecule has 2 aromatic carbocycles. The topological polar surface area (TPSA) is 107 Å². The van der Waals surface area contributed by atoms with Gasteiger partial charge < -0.3 is 15.2 Å². The van der Waals surface area contributed by atoms with E-state index in [4.69, 9.17) is 0 Å². The van der Waals surface area contributed by atoms with Crippen LogP contribution in [-0.2, 0) is 10.0 Å². The molecule has 8 heteroatoms. The molecular formula is C22H27N2O5S-. The van der Waals surface area contributed by atoms with E-state index < -0.39 is 21.9 Å². The molecule has 0 fully saturated rings. The van der Waals surface area contributed by atoms with E-state index in [1.165, 1.54) is 46.8 Å². The second-order valence-corrected chi connectivity index (χ2v) is 8.90. The molecule has 0 aliphatic heterocycles. The van der Waals surface area contributed by atoms with Crippen molar-refractivity contribution in [3.63, 3.8) is 0 Å². The average Bonchev–Trinajstić information content (AvgIpc) is 2.74. The second kappa shape index (κ2) is 10.9. The minimum Gasteiger partial charge on any atom is -0.545 e. The number of hydrogen-bond acceptors (Lipinski definition) is 5. The molecule has 1 amide bonds. The molecule has 7 nitrogen and oxygen atoms in total. The standard InChI is InChI=1S/C22H28N2O5S/c1-3-5-14-24(15-6-4-2)30(28,29)20-9-7-8-18(16-20)21(25)23-19-12-10-17(11-13-19)22(26)27/h7-13,16H,3-6,14-15H2,1-2H3,(H,23,25)(H,26,27)/p-1. The maximum Gasteiger partial charge on any atom is 0.255 e. The van der Waals surface area contributed by atoms with Crippen molar-refractivity contribution in [1.82, 2.24) is 4.31 Å². The predicted molar refractivity (Wildman–Crippen MR) is 114 cm³/mol. The molecule has 0 aliphatic carbocycles. The molecule has 0 unspecified atom stereocenters. The number of unbranched alkanes of at least 4 members (excludes halogenated alkanes) is 2. The van der Waals surface area contributed by atoms with Gasteiger partial charge in [0.05, 0.1) is 10.9 Å². The van der Waals surface area contributed by atoms with Crippen molar-refractivity contribution in [3.8, 4) is 0 Å². The monoisotopic (exact) mass is 431 g/mol. The average molecular weight is 432 g/mol. The smallest absolute Gasteiger partial charge is 0.255 e. The molecule has 0 atom stereocenters. The first-order valence-corrected chi connectivity index (χ1v) is 11.5. The molecule has 0 radical (unpaired) electrons. The quantitative estimate of drug-likeness (QED) is 0.589. The lowest BCUT2D eigenvalue weighted by atomic mass is 10.2. The number of aromatic carboxylic acids is 1. The Labute approximate surface area is 177 Å².